The third-order valence-corrected chi connectivity index (χ3v) is 3.32. The normalized spacial score (nSPS) is 12.3. The maximum Gasteiger partial charge on any atom is 0.242 e. The van der Waals surface area contributed by atoms with Gasteiger partial charge in [0, 0.05) is 5.69 Å². The molecule has 23 heavy (non-hydrogen) atoms. The van der Waals surface area contributed by atoms with Gasteiger partial charge >= 0.3 is 0 Å². The standard InChI is InChI=1S/C15H16F3N3O2/c1-8-3-9(2)21(20-8)6-14(23)19-13(7-22)10-4-11(16)15(18)12(17)5-10/h3-5,13,22H,6-7H2,1-2H3,(H,19,23). The van der Waals surface area contributed by atoms with Gasteiger partial charge in [-0.05, 0) is 37.6 Å². The lowest BCUT2D eigenvalue weighted by Gasteiger charge is -2.17. The molecule has 2 N–H and O–H groups in total. The minimum absolute atomic E-state index is 0.0642. The summed E-state index contributed by atoms with van der Waals surface area (Å²) in [6, 6.07) is 2.22. The van der Waals surface area contributed by atoms with E-state index < -0.39 is 36.0 Å². The maximum absolute atomic E-state index is 13.3. The third kappa shape index (κ3) is 3.89. The Morgan fingerprint density at radius 1 is 1.26 bits per heavy atom. The van der Waals surface area contributed by atoms with Gasteiger partial charge in [-0.15, -0.1) is 0 Å². The van der Waals surface area contributed by atoms with Crippen LogP contribution in [-0.2, 0) is 11.3 Å². The summed E-state index contributed by atoms with van der Waals surface area (Å²) in [4.78, 5) is 12.0. The number of aromatic nitrogens is 2. The quantitative estimate of drug-likeness (QED) is 0.823. The number of hydrogen-bond acceptors (Lipinski definition) is 3. The Morgan fingerprint density at radius 2 is 1.87 bits per heavy atom. The largest absolute Gasteiger partial charge is 0.394 e. The van der Waals surface area contributed by atoms with Crippen LogP contribution in [0, 0.1) is 31.3 Å². The fraction of sp³-hybridized carbons (Fsp3) is 0.333. The van der Waals surface area contributed by atoms with E-state index in [9.17, 15) is 23.1 Å². The Bertz CT molecular complexity index is 708. The highest BCUT2D eigenvalue weighted by atomic mass is 19.2. The highest BCUT2D eigenvalue weighted by Gasteiger charge is 2.19. The summed E-state index contributed by atoms with van der Waals surface area (Å²) in [6.07, 6.45) is 0. The number of halogens is 3. The molecule has 1 heterocycles. The van der Waals surface area contributed by atoms with Crippen molar-refractivity contribution in [3.05, 3.63) is 52.6 Å². The molecule has 0 aliphatic rings. The molecule has 1 atom stereocenters. The summed E-state index contributed by atoms with van der Waals surface area (Å²) < 4.78 is 40.9. The fourth-order valence-electron chi connectivity index (χ4n) is 2.22. The number of aliphatic hydroxyl groups is 1. The van der Waals surface area contributed by atoms with Crippen molar-refractivity contribution >= 4 is 5.91 Å². The highest BCUT2D eigenvalue weighted by molar-refractivity contribution is 5.76. The van der Waals surface area contributed by atoms with Crippen LogP contribution >= 0.6 is 0 Å². The van der Waals surface area contributed by atoms with E-state index >= 15 is 0 Å². The van der Waals surface area contributed by atoms with Crippen molar-refractivity contribution in [3.63, 3.8) is 0 Å². The van der Waals surface area contributed by atoms with E-state index in [4.69, 9.17) is 0 Å². The lowest BCUT2D eigenvalue weighted by Crippen LogP contribution is -2.34. The number of amides is 1. The first-order chi connectivity index (χ1) is 10.8. The fourth-order valence-corrected chi connectivity index (χ4v) is 2.22. The van der Waals surface area contributed by atoms with Crippen LogP contribution in [0.5, 0.6) is 0 Å². The molecule has 1 unspecified atom stereocenters. The second-order valence-electron chi connectivity index (χ2n) is 5.19. The van der Waals surface area contributed by atoms with E-state index in [2.05, 4.69) is 10.4 Å². The molecule has 5 nitrogen and oxygen atoms in total. The number of aliphatic hydroxyl groups excluding tert-OH is 1. The topological polar surface area (TPSA) is 67.2 Å². The summed E-state index contributed by atoms with van der Waals surface area (Å²) in [5.74, 6) is -4.86. The summed E-state index contributed by atoms with van der Waals surface area (Å²) in [5, 5.41) is 15.9. The number of benzene rings is 1. The number of aryl methyl sites for hydroxylation is 2. The smallest absolute Gasteiger partial charge is 0.242 e. The van der Waals surface area contributed by atoms with Gasteiger partial charge in [-0.3, -0.25) is 9.48 Å². The number of rotatable bonds is 5. The first kappa shape index (κ1) is 17.0. The van der Waals surface area contributed by atoms with E-state index in [1.54, 1.807) is 19.9 Å². The van der Waals surface area contributed by atoms with Crippen LogP contribution in [0.2, 0.25) is 0 Å². The zero-order valence-electron chi connectivity index (χ0n) is 12.6. The minimum atomic E-state index is -1.60. The Morgan fingerprint density at radius 3 is 2.35 bits per heavy atom. The van der Waals surface area contributed by atoms with Crippen LogP contribution in [0.4, 0.5) is 13.2 Å². The van der Waals surface area contributed by atoms with Crippen molar-refractivity contribution < 1.29 is 23.1 Å². The van der Waals surface area contributed by atoms with E-state index in [0.29, 0.717) is 0 Å². The van der Waals surface area contributed by atoms with Gasteiger partial charge in [-0.25, -0.2) is 13.2 Å². The van der Waals surface area contributed by atoms with Crippen molar-refractivity contribution in [1.82, 2.24) is 15.1 Å². The van der Waals surface area contributed by atoms with Gasteiger partial charge in [0.15, 0.2) is 17.5 Å². The van der Waals surface area contributed by atoms with Gasteiger partial charge in [-0.1, -0.05) is 0 Å². The van der Waals surface area contributed by atoms with E-state index in [0.717, 1.165) is 23.5 Å². The lowest BCUT2D eigenvalue weighted by molar-refractivity contribution is -0.123. The molecule has 0 aliphatic heterocycles. The average Bonchev–Trinajstić information content (AvgIpc) is 2.79. The molecule has 1 amide bonds. The zero-order valence-corrected chi connectivity index (χ0v) is 12.6. The Balaban J connectivity index is 2.13. The summed E-state index contributed by atoms with van der Waals surface area (Å²) in [6.45, 7) is 2.86. The predicted molar refractivity (Wildman–Crippen MR) is 76.0 cm³/mol. The van der Waals surface area contributed by atoms with Crippen molar-refractivity contribution in [1.29, 1.82) is 0 Å². The molecule has 0 saturated carbocycles. The van der Waals surface area contributed by atoms with Gasteiger partial charge in [0.05, 0.1) is 18.3 Å². The second kappa shape index (κ2) is 6.82. The maximum atomic E-state index is 13.3. The van der Waals surface area contributed by atoms with Crippen LogP contribution in [0.1, 0.15) is 23.0 Å². The summed E-state index contributed by atoms with van der Waals surface area (Å²) in [7, 11) is 0. The molecule has 8 heteroatoms. The number of carbonyl (C=O) groups is 1. The molecule has 2 aromatic rings. The summed E-state index contributed by atoms with van der Waals surface area (Å²) in [5.41, 5.74) is 1.46. The molecule has 0 saturated heterocycles. The van der Waals surface area contributed by atoms with Crippen LogP contribution in [0.3, 0.4) is 0 Å². The molecule has 1 aromatic heterocycles. The van der Waals surface area contributed by atoms with Crippen molar-refractivity contribution in [2.45, 2.75) is 26.4 Å². The first-order valence-corrected chi connectivity index (χ1v) is 6.87. The molecular weight excluding hydrogens is 311 g/mol. The van der Waals surface area contributed by atoms with E-state index in [-0.39, 0.29) is 12.1 Å². The van der Waals surface area contributed by atoms with Gasteiger partial charge < -0.3 is 10.4 Å². The average molecular weight is 327 g/mol. The van der Waals surface area contributed by atoms with Crippen LogP contribution in [0.15, 0.2) is 18.2 Å². The van der Waals surface area contributed by atoms with Crippen molar-refractivity contribution in [3.8, 4) is 0 Å². The van der Waals surface area contributed by atoms with Crippen LogP contribution < -0.4 is 5.32 Å². The SMILES string of the molecule is Cc1cc(C)n(CC(=O)NC(CO)c2cc(F)c(F)c(F)c2)n1. The minimum Gasteiger partial charge on any atom is -0.394 e. The predicted octanol–water partition coefficient (Wildman–Crippen LogP) is 1.77. The molecule has 0 aliphatic carbocycles. The van der Waals surface area contributed by atoms with Crippen LogP contribution in [-0.4, -0.2) is 27.4 Å². The van der Waals surface area contributed by atoms with Gasteiger partial charge in [0.2, 0.25) is 5.91 Å². The van der Waals surface area contributed by atoms with Gasteiger partial charge in [-0.2, -0.15) is 5.10 Å². The number of hydrogen-bond donors (Lipinski definition) is 2. The van der Waals surface area contributed by atoms with E-state index in [1.807, 2.05) is 0 Å². The number of nitrogens with one attached hydrogen (secondary N) is 1. The highest BCUT2D eigenvalue weighted by Crippen LogP contribution is 2.19. The number of nitrogens with zero attached hydrogens (tertiary/aromatic N) is 2. The first-order valence-electron chi connectivity index (χ1n) is 6.87. The molecule has 0 fully saturated rings. The Hall–Kier alpha value is -2.35. The Labute approximate surface area is 130 Å². The van der Waals surface area contributed by atoms with Gasteiger partial charge in [0.1, 0.15) is 6.54 Å². The Kier molecular flexibility index (Phi) is 5.05. The van der Waals surface area contributed by atoms with Crippen molar-refractivity contribution in [2.24, 2.45) is 0 Å². The molecule has 0 radical (unpaired) electrons. The lowest BCUT2D eigenvalue weighted by atomic mass is 10.1. The van der Waals surface area contributed by atoms with E-state index in [1.165, 1.54) is 4.68 Å². The number of carbonyl (C=O) groups excluding carboxylic acids is 1. The molecule has 0 spiro atoms. The van der Waals surface area contributed by atoms with Crippen LogP contribution in [0.25, 0.3) is 0 Å². The third-order valence-electron chi connectivity index (χ3n) is 3.32. The summed E-state index contributed by atoms with van der Waals surface area (Å²) >= 11 is 0. The molecule has 124 valence electrons. The molecule has 0 bridgehead atoms. The molecular formula is C15H16F3N3O2. The second-order valence-corrected chi connectivity index (χ2v) is 5.19. The molecule has 1 aromatic carbocycles. The zero-order chi connectivity index (χ0) is 17.1. The monoisotopic (exact) mass is 327 g/mol. The van der Waals surface area contributed by atoms with Crippen molar-refractivity contribution in [2.75, 3.05) is 6.61 Å². The molecule has 2 rings (SSSR count). The van der Waals surface area contributed by atoms with Gasteiger partial charge in [0.25, 0.3) is 0 Å².